The maximum Gasteiger partial charge on any atom is 0.0143 e. The van der Waals surface area contributed by atoms with E-state index in [4.69, 9.17) is 0 Å². The summed E-state index contributed by atoms with van der Waals surface area (Å²) in [6.07, 6.45) is 3.59. The number of hydrogen-bond acceptors (Lipinski definition) is 3. The van der Waals surface area contributed by atoms with Crippen molar-refractivity contribution < 1.29 is 0 Å². The zero-order chi connectivity index (χ0) is 10.4. The fourth-order valence-electron chi connectivity index (χ4n) is 2.03. The highest BCUT2D eigenvalue weighted by atomic mass is 32.2. The summed E-state index contributed by atoms with van der Waals surface area (Å²) >= 11 is 1.97. The fraction of sp³-hybridized carbons (Fsp3) is 1.00. The van der Waals surface area contributed by atoms with Gasteiger partial charge in [-0.2, -0.15) is 11.8 Å². The number of likely N-dealkylation sites (tertiary alicyclic amines) is 1. The second kappa shape index (κ2) is 6.70. The van der Waals surface area contributed by atoms with Crippen LogP contribution >= 0.6 is 11.8 Å². The average Bonchev–Trinajstić information content (AvgIpc) is 2.62. The topological polar surface area (TPSA) is 15.3 Å². The summed E-state index contributed by atoms with van der Waals surface area (Å²) in [7, 11) is 0. The molecular weight excluding hydrogens is 192 g/mol. The van der Waals surface area contributed by atoms with Crippen LogP contribution in [0.4, 0.5) is 0 Å². The molecule has 0 aromatic rings. The fourth-order valence-corrected chi connectivity index (χ4v) is 2.39. The molecule has 1 N–H and O–H groups in total. The van der Waals surface area contributed by atoms with Gasteiger partial charge in [0.15, 0.2) is 0 Å². The number of thioether (sulfide) groups is 1. The second-order valence-electron chi connectivity index (χ2n) is 4.27. The normalized spacial score (nSPS) is 25.5. The molecule has 1 heterocycles. The summed E-state index contributed by atoms with van der Waals surface area (Å²) < 4.78 is 0. The Labute approximate surface area is 92.8 Å². The summed E-state index contributed by atoms with van der Waals surface area (Å²) in [6.45, 7) is 10.7. The van der Waals surface area contributed by atoms with Gasteiger partial charge in [-0.25, -0.2) is 0 Å². The van der Waals surface area contributed by atoms with E-state index in [-0.39, 0.29) is 0 Å². The molecule has 3 heteroatoms. The molecular formula is C11H24N2S. The minimum absolute atomic E-state index is 0.785. The zero-order valence-corrected chi connectivity index (χ0v) is 10.6. The van der Waals surface area contributed by atoms with E-state index in [1.165, 1.54) is 32.6 Å². The van der Waals surface area contributed by atoms with Crippen LogP contribution in [0.2, 0.25) is 0 Å². The third-order valence-corrected chi connectivity index (χ3v) is 3.92. The van der Waals surface area contributed by atoms with Crippen molar-refractivity contribution in [1.82, 2.24) is 10.2 Å². The second-order valence-corrected chi connectivity index (χ2v) is 5.54. The summed E-state index contributed by atoms with van der Waals surface area (Å²) in [5.74, 6) is 0.893. The summed E-state index contributed by atoms with van der Waals surface area (Å²) in [5.41, 5.74) is 0. The van der Waals surface area contributed by atoms with Gasteiger partial charge in [0.25, 0.3) is 0 Å². The van der Waals surface area contributed by atoms with Gasteiger partial charge in [0, 0.05) is 18.3 Å². The molecule has 14 heavy (non-hydrogen) atoms. The molecule has 84 valence electrons. The van der Waals surface area contributed by atoms with E-state index in [1.807, 2.05) is 11.8 Å². The molecule has 1 saturated heterocycles. The van der Waals surface area contributed by atoms with Gasteiger partial charge in [-0.05, 0) is 38.2 Å². The summed E-state index contributed by atoms with van der Waals surface area (Å²) in [6, 6.07) is 0. The van der Waals surface area contributed by atoms with Crippen LogP contribution in [0, 0.1) is 5.92 Å². The van der Waals surface area contributed by atoms with Crippen molar-refractivity contribution in [2.45, 2.75) is 25.5 Å². The lowest BCUT2D eigenvalue weighted by molar-refractivity contribution is 0.326. The molecule has 1 aliphatic heterocycles. The molecule has 2 unspecified atom stereocenters. The molecule has 1 rings (SSSR count). The highest BCUT2D eigenvalue weighted by molar-refractivity contribution is 7.99. The van der Waals surface area contributed by atoms with Crippen LogP contribution < -0.4 is 5.32 Å². The van der Waals surface area contributed by atoms with Crippen LogP contribution in [-0.2, 0) is 0 Å². The largest absolute Gasteiger partial charge is 0.317 e. The van der Waals surface area contributed by atoms with Crippen LogP contribution in [0.5, 0.6) is 0 Å². The maximum absolute atomic E-state index is 3.45. The van der Waals surface area contributed by atoms with Crippen molar-refractivity contribution in [1.29, 1.82) is 0 Å². The van der Waals surface area contributed by atoms with Crippen LogP contribution in [0.1, 0.15) is 20.3 Å². The van der Waals surface area contributed by atoms with E-state index in [1.54, 1.807) is 0 Å². The van der Waals surface area contributed by atoms with Crippen molar-refractivity contribution in [3.05, 3.63) is 0 Å². The molecule has 0 aliphatic carbocycles. The van der Waals surface area contributed by atoms with Crippen molar-refractivity contribution in [2.75, 3.05) is 39.0 Å². The highest BCUT2D eigenvalue weighted by Gasteiger charge is 2.22. The molecule has 2 atom stereocenters. The van der Waals surface area contributed by atoms with E-state index < -0.39 is 0 Å². The SMILES string of the molecule is CCNCC1CCN(CC(C)SC)C1. The van der Waals surface area contributed by atoms with E-state index in [0.29, 0.717) is 0 Å². The van der Waals surface area contributed by atoms with Crippen molar-refractivity contribution in [3.63, 3.8) is 0 Å². The van der Waals surface area contributed by atoms with E-state index in [9.17, 15) is 0 Å². The van der Waals surface area contributed by atoms with Crippen LogP contribution in [0.3, 0.4) is 0 Å². The van der Waals surface area contributed by atoms with Gasteiger partial charge in [0.05, 0.1) is 0 Å². The van der Waals surface area contributed by atoms with Crippen LogP contribution in [0.25, 0.3) is 0 Å². The third kappa shape index (κ3) is 4.20. The minimum atomic E-state index is 0.785. The number of rotatable bonds is 6. The van der Waals surface area contributed by atoms with E-state index in [2.05, 4.69) is 30.3 Å². The Hall–Kier alpha value is 0.270. The van der Waals surface area contributed by atoms with Crippen molar-refractivity contribution in [2.24, 2.45) is 5.92 Å². The summed E-state index contributed by atoms with van der Waals surface area (Å²) in [5, 5.41) is 4.23. The molecule has 0 saturated carbocycles. The molecule has 1 aliphatic rings. The lowest BCUT2D eigenvalue weighted by Gasteiger charge is -2.19. The van der Waals surface area contributed by atoms with Crippen LogP contribution in [0.15, 0.2) is 0 Å². The first-order valence-electron chi connectivity index (χ1n) is 5.72. The Bertz CT molecular complexity index is 152. The Morgan fingerprint density at radius 3 is 3.00 bits per heavy atom. The van der Waals surface area contributed by atoms with Gasteiger partial charge in [-0.1, -0.05) is 13.8 Å². The average molecular weight is 216 g/mol. The Morgan fingerprint density at radius 2 is 2.36 bits per heavy atom. The van der Waals surface area contributed by atoms with Gasteiger partial charge in [0.2, 0.25) is 0 Å². The van der Waals surface area contributed by atoms with E-state index in [0.717, 1.165) is 17.7 Å². The molecule has 2 nitrogen and oxygen atoms in total. The molecule has 1 fully saturated rings. The third-order valence-electron chi connectivity index (χ3n) is 2.97. The maximum atomic E-state index is 3.45. The monoisotopic (exact) mass is 216 g/mol. The standard InChI is InChI=1S/C11H24N2S/c1-4-12-7-11-5-6-13(9-11)8-10(2)14-3/h10-12H,4-9H2,1-3H3. The molecule has 0 amide bonds. The quantitative estimate of drug-likeness (QED) is 0.727. The van der Waals surface area contributed by atoms with Crippen LogP contribution in [-0.4, -0.2) is 49.1 Å². The van der Waals surface area contributed by atoms with Gasteiger partial charge in [0.1, 0.15) is 0 Å². The van der Waals surface area contributed by atoms with Crippen molar-refractivity contribution >= 4 is 11.8 Å². The molecule has 0 radical (unpaired) electrons. The first-order valence-corrected chi connectivity index (χ1v) is 7.01. The Kier molecular flexibility index (Phi) is 5.90. The predicted molar refractivity (Wildman–Crippen MR) is 66.1 cm³/mol. The van der Waals surface area contributed by atoms with Gasteiger partial charge >= 0.3 is 0 Å². The smallest absolute Gasteiger partial charge is 0.0143 e. The van der Waals surface area contributed by atoms with Gasteiger partial charge in [-0.3, -0.25) is 0 Å². The molecule has 0 aromatic heterocycles. The molecule has 0 bridgehead atoms. The first kappa shape index (κ1) is 12.3. The Morgan fingerprint density at radius 1 is 1.57 bits per heavy atom. The minimum Gasteiger partial charge on any atom is -0.317 e. The predicted octanol–water partition coefficient (Wildman–Crippen LogP) is 1.67. The number of nitrogens with zero attached hydrogens (tertiary/aromatic N) is 1. The summed E-state index contributed by atoms with van der Waals surface area (Å²) in [4.78, 5) is 2.61. The van der Waals surface area contributed by atoms with Crippen molar-refractivity contribution in [3.8, 4) is 0 Å². The first-order chi connectivity index (χ1) is 6.76. The zero-order valence-electron chi connectivity index (χ0n) is 9.75. The van der Waals surface area contributed by atoms with Gasteiger partial charge < -0.3 is 10.2 Å². The Balaban J connectivity index is 2.13. The van der Waals surface area contributed by atoms with Gasteiger partial charge in [-0.15, -0.1) is 0 Å². The highest BCUT2D eigenvalue weighted by Crippen LogP contribution is 2.17. The van der Waals surface area contributed by atoms with E-state index >= 15 is 0 Å². The number of hydrogen-bond donors (Lipinski definition) is 1. The lowest BCUT2D eigenvalue weighted by Crippen LogP contribution is -2.30. The lowest BCUT2D eigenvalue weighted by atomic mass is 10.1. The molecule has 0 aromatic carbocycles. The number of nitrogens with one attached hydrogen (secondary N) is 1. The molecule has 0 spiro atoms.